The van der Waals surface area contributed by atoms with E-state index in [2.05, 4.69) is 27.3 Å². The van der Waals surface area contributed by atoms with Crippen molar-refractivity contribution in [2.45, 2.75) is 36.4 Å². The predicted octanol–water partition coefficient (Wildman–Crippen LogP) is 2.53. The fourth-order valence-corrected chi connectivity index (χ4v) is 4.90. The summed E-state index contributed by atoms with van der Waals surface area (Å²) in [5.74, 6) is 2.00. The summed E-state index contributed by atoms with van der Waals surface area (Å²) in [5, 5.41) is 17.2. The highest BCUT2D eigenvalue weighted by atomic mass is 32.2. The van der Waals surface area contributed by atoms with Crippen molar-refractivity contribution < 1.29 is 17.6 Å². The first-order valence-electron chi connectivity index (χ1n) is 10.6. The van der Waals surface area contributed by atoms with Gasteiger partial charge in [0.1, 0.15) is 5.76 Å². The smallest absolute Gasteiger partial charge is 0.238 e. The van der Waals surface area contributed by atoms with Gasteiger partial charge in [-0.2, -0.15) is 0 Å². The van der Waals surface area contributed by atoms with Crippen LogP contribution in [0, 0.1) is 5.92 Å². The van der Waals surface area contributed by atoms with Crippen LogP contribution < -0.4 is 15.4 Å². The Morgan fingerprint density at radius 2 is 2.03 bits per heavy atom. The van der Waals surface area contributed by atoms with Gasteiger partial charge < -0.3 is 14.6 Å². The van der Waals surface area contributed by atoms with Gasteiger partial charge in [-0.25, -0.2) is 13.6 Å². The number of sulfonamides is 1. The molecule has 1 aliphatic heterocycles. The third kappa shape index (κ3) is 5.95. The number of hydrogen-bond donors (Lipinski definition) is 2. The Morgan fingerprint density at radius 3 is 2.73 bits per heavy atom. The second kappa shape index (κ2) is 9.98. The molecule has 0 bridgehead atoms. The highest BCUT2D eigenvalue weighted by Crippen LogP contribution is 2.27. The number of thioether (sulfide) groups is 1. The molecular weight excluding hydrogens is 464 g/mol. The Bertz CT molecular complexity index is 1200. The predicted molar refractivity (Wildman–Crippen MR) is 126 cm³/mol. The van der Waals surface area contributed by atoms with E-state index < -0.39 is 10.0 Å². The normalized spacial score (nSPS) is 15.0. The van der Waals surface area contributed by atoms with Crippen molar-refractivity contribution in [2.24, 2.45) is 11.1 Å². The quantitative estimate of drug-likeness (QED) is 0.460. The van der Waals surface area contributed by atoms with Crippen molar-refractivity contribution in [1.29, 1.82) is 0 Å². The van der Waals surface area contributed by atoms with Crippen LogP contribution in [0.4, 0.5) is 11.6 Å². The molecule has 1 saturated heterocycles. The number of piperidine rings is 1. The average molecular weight is 491 g/mol. The lowest BCUT2D eigenvalue weighted by atomic mass is 10.00. The first-order chi connectivity index (χ1) is 15.8. The standard InChI is InChI=1S/C21H26N6O4S2/c1-15-7-9-26(10-8-15)20-24-25-21(27(20)13-17-5-3-11-31-17)32-14-19(28)23-16-4-2-6-18(12-16)33(22,29)30/h2-6,11-12,15H,7-10,13-14H2,1H3,(H,23,28)(H2,22,29,30). The van der Waals surface area contributed by atoms with Gasteiger partial charge in [0.15, 0.2) is 5.16 Å². The Kier molecular flexibility index (Phi) is 7.05. The van der Waals surface area contributed by atoms with Gasteiger partial charge in [0.05, 0.1) is 23.5 Å². The number of primary sulfonamides is 1. The number of amides is 1. The number of nitrogens with two attached hydrogens (primary N) is 1. The minimum Gasteiger partial charge on any atom is -0.467 e. The van der Waals surface area contributed by atoms with E-state index in [9.17, 15) is 13.2 Å². The van der Waals surface area contributed by atoms with E-state index in [1.165, 1.54) is 30.0 Å². The average Bonchev–Trinajstić information content (AvgIpc) is 3.43. The Hall–Kier alpha value is -2.83. The maximum Gasteiger partial charge on any atom is 0.238 e. The van der Waals surface area contributed by atoms with E-state index in [4.69, 9.17) is 9.56 Å². The first kappa shape index (κ1) is 23.3. The lowest BCUT2D eigenvalue weighted by Gasteiger charge is -2.31. The minimum absolute atomic E-state index is 0.0633. The molecule has 1 fully saturated rings. The fraction of sp³-hybridized carbons (Fsp3) is 0.381. The summed E-state index contributed by atoms with van der Waals surface area (Å²) >= 11 is 1.26. The number of nitrogens with zero attached hydrogens (tertiary/aromatic N) is 4. The molecule has 176 valence electrons. The maximum atomic E-state index is 12.5. The van der Waals surface area contributed by atoms with Crippen LogP contribution in [0.5, 0.6) is 0 Å². The third-order valence-corrected chi connectivity index (χ3v) is 7.31. The molecule has 12 heteroatoms. The molecule has 0 radical (unpaired) electrons. The topological polar surface area (TPSA) is 136 Å². The van der Waals surface area contributed by atoms with E-state index in [0.717, 1.165) is 37.6 Å². The van der Waals surface area contributed by atoms with E-state index in [1.807, 2.05) is 16.7 Å². The van der Waals surface area contributed by atoms with Crippen molar-refractivity contribution in [3.63, 3.8) is 0 Å². The fourth-order valence-electron chi connectivity index (χ4n) is 3.61. The first-order valence-corrected chi connectivity index (χ1v) is 13.1. The monoisotopic (exact) mass is 490 g/mol. The van der Waals surface area contributed by atoms with Gasteiger partial charge in [-0.15, -0.1) is 10.2 Å². The minimum atomic E-state index is -3.85. The molecule has 2 aromatic heterocycles. The Balaban J connectivity index is 1.46. The number of hydrogen-bond acceptors (Lipinski definition) is 8. The van der Waals surface area contributed by atoms with E-state index in [-0.39, 0.29) is 16.6 Å². The van der Waals surface area contributed by atoms with Crippen molar-refractivity contribution in [1.82, 2.24) is 14.8 Å². The molecule has 0 unspecified atom stereocenters. The zero-order valence-electron chi connectivity index (χ0n) is 18.2. The maximum absolute atomic E-state index is 12.5. The SMILES string of the molecule is CC1CCN(c2nnc(SCC(=O)Nc3cccc(S(N)(=O)=O)c3)n2Cc2ccco2)CC1. The molecule has 3 heterocycles. The number of carbonyl (C=O) groups excluding carboxylic acids is 1. The molecule has 0 atom stereocenters. The summed E-state index contributed by atoms with van der Waals surface area (Å²) in [6.45, 7) is 4.52. The van der Waals surface area contributed by atoms with Gasteiger partial charge in [0.2, 0.25) is 21.9 Å². The molecule has 3 N–H and O–H groups in total. The molecule has 33 heavy (non-hydrogen) atoms. The summed E-state index contributed by atoms with van der Waals surface area (Å²) in [5.41, 5.74) is 0.354. The van der Waals surface area contributed by atoms with Crippen LogP contribution in [0.15, 0.2) is 57.1 Å². The van der Waals surface area contributed by atoms with E-state index in [0.29, 0.717) is 23.3 Å². The van der Waals surface area contributed by atoms with Crippen molar-refractivity contribution in [3.8, 4) is 0 Å². The van der Waals surface area contributed by atoms with Crippen LogP contribution in [-0.4, -0.2) is 47.9 Å². The lowest BCUT2D eigenvalue weighted by Crippen LogP contribution is -2.35. The van der Waals surface area contributed by atoms with Crippen molar-refractivity contribution >= 4 is 39.3 Å². The molecule has 4 rings (SSSR count). The van der Waals surface area contributed by atoms with Crippen molar-refractivity contribution in [2.75, 3.05) is 29.1 Å². The Morgan fingerprint density at radius 1 is 1.24 bits per heavy atom. The highest BCUT2D eigenvalue weighted by Gasteiger charge is 2.23. The van der Waals surface area contributed by atoms with Crippen molar-refractivity contribution in [3.05, 3.63) is 48.4 Å². The number of aromatic nitrogens is 3. The molecular formula is C21H26N6O4S2. The van der Waals surface area contributed by atoms with Gasteiger partial charge in [-0.3, -0.25) is 9.36 Å². The molecule has 1 aromatic carbocycles. The molecule has 0 aliphatic carbocycles. The summed E-state index contributed by atoms with van der Waals surface area (Å²) < 4.78 is 30.6. The van der Waals surface area contributed by atoms with Gasteiger partial charge in [0.25, 0.3) is 0 Å². The number of anilines is 2. The van der Waals surface area contributed by atoms with E-state index in [1.54, 1.807) is 12.3 Å². The number of nitrogens with one attached hydrogen (secondary N) is 1. The van der Waals surface area contributed by atoms with E-state index >= 15 is 0 Å². The molecule has 1 amide bonds. The number of furan rings is 1. The molecule has 0 spiro atoms. The van der Waals surface area contributed by atoms with Gasteiger partial charge in [-0.05, 0) is 49.1 Å². The van der Waals surface area contributed by atoms with Crippen LogP contribution in [-0.2, 0) is 21.4 Å². The second-order valence-corrected chi connectivity index (χ2v) is 10.5. The summed E-state index contributed by atoms with van der Waals surface area (Å²) in [7, 11) is -3.85. The zero-order valence-corrected chi connectivity index (χ0v) is 19.8. The summed E-state index contributed by atoms with van der Waals surface area (Å²) in [6.07, 6.45) is 3.81. The molecule has 1 aliphatic rings. The molecule has 10 nitrogen and oxygen atoms in total. The lowest BCUT2D eigenvalue weighted by molar-refractivity contribution is -0.113. The number of carbonyl (C=O) groups is 1. The number of benzene rings is 1. The largest absolute Gasteiger partial charge is 0.467 e. The Labute approximate surface area is 196 Å². The van der Waals surface area contributed by atoms with Crippen LogP contribution in [0.2, 0.25) is 0 Å². The summed E-state index contributed by atoms with van der Waals surface area (Å²) in [4.78, 5) is 14.7. The zero-order chi connectivity index (χ0) is 23.4. The van der Waals surface area contributed by atoms with Gasteiger partial charge in [0, 0.05) is 18.8 Å². The number of rotatable bonds is 8. The molecule has 3 aromatic rings. The summed E-state index contributed by atoms with van der Waals surface area (Å²) in [6, 6.07) is 9.55. The van der Waals surface area contributed by atoms with Gasteiger partial charge >= 0.3 is 0 Å². The highest BCUT2D eigenvalue weighted by molar-refractivity contribution is 7.99. The van der Waals surface area contributed by atoms with Crippen LogP contribution >= 0.6 is 11.8 Å². The van der Waals surface area contributed by atoms with Crippen LogP contribution in [0.3, 0.4) is 0 Å². The van der Waals surface area contributed by atoms with Gasteiger partial charge in [-0.1, -0.05) is 24.8 Å². The third-order valence-electron chi connectivity index (χ3n) is 5.44. The van der Waals surface area contributed by atoms with Crippen LogP contribution in [0.1, 0.15) is 25.5 Å². The molecule has 0 saturated carbocycles. The second-order valence-electron chi connectivity index (χ2n) is 8.03. The van der Waals surface area contributed by atoms with Crippen LogP contribution in [0.25, 0.3) is 0 Å².